The van der Waals surface area contributed by atoms with Gasteiger partial charge >= 0.3 is 5.97 Å². The number of rotatable bonds is 5. The maximum atomic E-state index is 13.6. The summed E-state index contributed by atoms with van der Waals surface area (Å²) < 4.78 is 105. The predicted octanol–water partition coefficient (Wildman–Crippen LogP) is 8.42. The van der Waals surface area contributed by atoms with Crippen LogP contribution >= 0.6 is 45.2 Å². The normalized spacial score (nSPS) is 10.8. The van der Waals surface area contributed by atoms with Crippen LogP contribution in [0.2, 0.25) is 0 Å². The van der Waals surface area contributed by atoms with Crippen LogP contribution in [-0.2, 0) is 11.3 Å². The van der Waals surface area contributed by atoms with E-state index in [0.29, 0.717) is 16.3 Å². The highest BCUT2D eigenvalue weighted by Crippen LogP contribution is 2.25. The number of aliphatic hydroxyl groups excluding tert-OH is 1. The number of hydrogen-bond acceptors (Lipinski definition) is 10. The quantitative estimate of drug-likeness (QED) is 0.0765. The number of fused-ring (bicyclic) bond motifs is 5. The van der Waals surface area contributed by atoms with Gasteiger partial charge in [-0.1, -0.05) is 0 Å². The van der Waals surface area contributed by atoms with Gasteiger partial charge in [0.1, 0.15) is 13.0 Å². The zero-order valence-corrected chi connectivity index (χ0v) is 37.1. The molecule has 0 aromatic carbocycles. The number of nitrogens with zero attached hydrogens (tertiary/aromatic N) is 10. The molecule has 15 nitrogen and oxygen atoms in total. The summed E-state index contributed by atoms with van der Waals surface area (Å²) in [5.41, 5.74) is 0.304. The Morgan fingerprint density at radius 2 is 1.06 bits per heavy atom. The lowest BCUT2D eigenvalue weighted by Crippen LogP contribution is -2.06. The van der Waals surface area contributed by atoms with Crippen LogP contribution < -0.4 is 0 Å². The Labute approximate surface area is 387 Å². The van der Waals surface area contributed by atoms with Gasteiger partial charge in [0.05, 0.1) is 42.8 Å². The second-order valence-corrected chi connectivity index (χ2v) is 14.9. The van der Waals surface area contributed by atoms with E-state index in [2.05, 4.69) is 29.7 Å². The van der Waals surface area contributed by atoms with Crippen LogP contribution in [0.4, 0.5) is 30.7 Å². The van der Waals surface area contributed by atoms with E-state index in [1.54, 1.807) is 58.4 Å². The Bertz CT molecular complexity index is 3320. The van der Waals surface area contributed by atoms with Gasteiger partial charge in [-0.05, 0) is 75.5 Å². The smallest absolute Gasteiger partial charge is 0.341 e. The molecule has 0 spiro atoms. The molecule has 24 heteroatoms. The molecule has 10 aromatic rings. The number of carbonyl (C=O) groups excluding carboxylic acids is 3. The van der Waals surface area contributed by atoms with Crippen molar-refractivity contribution in [1.82, 2.24) is 46.9 Å². The molecule has 10 rings (SSSR count). The maximum Gasteiger partial charge on any atom is 0.341 e. The Morgan fingerprint density at radius 3 is 1.57 bits per heavy atom. The molecule has 0 bridgehead atoms. The number of ether oxygens (including phenoxy) is 1. The first-order valence-electron chi connectivity index (χ1n) is 18.1. The van der Waals surface area contributed by atoms with Crippen LogP contribution in [0.1, 0.15) is 48.6 Å². The molecule has 0 saturated carbocycles. The third-order valence-electron chi connectivity index (χ3n) is 8.89. The van der Waals surface area contributed by atoms with E-state index in [1.807, 2.05) is 45.2 Å². The third kappa shape index (κ3) is 10.3. The first-order valence-corrected chi connectivity index (χ1v) is 20.2. The van der Waals surface area contributed by atoms with Gasteiger partial charge in [-0.2, -0.15) is 0 Å². The average Bonchev–Trinajstić information content (AvgIpc) is 4.17. The maximum absolute atomic E-state index is 13.6. The minimum Gasteiger partial charge on any atom is -0.465 e. The number of aliphatic hydroxyl groups is 1. The summed E-state index contributed by atoms with van der Waals surface area (Å²) in [4.78, 5) is 50.7. The van der Waals surface area contributed by atoms with E-state index < -0.39 is 47.0 Å². The molecule has 0 unspecified atom stereocenters. The molecule has 10 aromatic heterocycles. The van der Waals surface area contributed by atoms with Crippen molar-refractivity contribution in [2.24, 2.45) is 0 Å². The molecule has 334 valence electrons. The van der Waals surface area contributed by atoms with Crippen molar-refractivity contribution in [3.05, 3.63) is 175 Å². The number of hydrogen-bond donors (Lipinski definition) is 1. The van der Waals surface area contributed by atoms with Gasteiger partial charge < -0.3 is 23.0 Å². The highest BCUT2D eigenvalue weighted by molar-refractivity contribution is 14.1. The van der Waals surface area contributed by atoms with Gasteiger partial charge in [0.2, 0.25) is 0 Å². The fourth-order valence-electron chi connectivity index (χ4n) is 5.65. The monoisotopic (exact) mass is 1130 g/mol. The lowest BCUT2D eigenvalue weighted by atomic mass is 10.2. The van der Waals surface area contributed by atoms with Crippen molar-refractivity contribution < 1.29 is 55.0 Å². The average molecular weight is 1130 g/mol. The second kappa shape index (κ2) is 21.2. The summed E-state index contributed by atoms with van der Waals surface area (Å²) in [5.74, 6) is -3.91. The molecular formula is C41H27F7I2N10O5. The van der Waals surface area contributed by atoms with Crippen LogP contribution in [0.3, 0.4) is 0 Å². The van der Waals surface area contributed by atoms with Crippen LogP contribution in [0, 0.1) is 36.5 Å². The minimum atomic E-state index is -2.81. The Balaban J connectivity index is 0.000000135. The molecule has 0 amide bonds. The van der Waals surface area contributed by atoms with E-state index >= 15 is 0 Å². The number of imidazole rings is 5. The lowest BCUT2D eigenvalue weighted by molar-refractivity contribution is 0.0595. The standard InChI is InChI=1S/C9H7FN2O2.C8H4F3IN2.C8H4FIN2O.C8H7FN2O.C8H5FN2O/c1-14-9(13)6-2-4-12-5-3-11-8(12)7(6)10;9-6-4(7(10)11)1-2-14-5(12)3-13-8(6)14;9-7-5(4-13)1-2-12-6(10)3-11-8(7)12;2*9-7-6(5-12)1-3-11-4-2-10-8(7)11/h2-5H,1H3;1-3,7H;1-4H;1-4,12H,5H2;1-5H. The lowest BCUT2D eigenvalue weighted by Gasteiger charge is -2.03. The molecule has 0 saturated heterocycles. The molecule has 10 heterocycles. The summed E-state index contributed by atoms with van der Waals surface area (Å²) in [6.07, 6.45) is 18.3. The van der Waals surface area contributed by atoms with Crippen LogP contribution in [0.5, 0.6) is 0 Å². The summed E-state index contributed by atoms with van der Waals surface area (Å²) in [5, 5.41) is 8.74. The zero-order chi connectivity index (χ0) is 46.9. The van der Waals surface area contributed by atoms with Crippen molar-refractivity contribution in [2.75, 3.05) is 7.11 Å². The van der Waals surface area contributed by atoms with Gasteiger partial charge in [0, 0.05) is 73.7 Å². The SMILES string of the molecule is COC(=O)c1ccn2ccnc2c1F.Fc1c(C(F)F)ccn2c(I)cnc12.O=Cc1ccn2c(I)cnc2c1F.O=Cc1ccn2ccnc2c1F.OCc1ccn2ccnc2c1F. The van der Waals surface area contributed by atoms with E-state index in [9.17, 15) is 45.1 Å². The highest BCUT2D eigenvalue weighted by atomic mass is 127. The van der Waals surface area contributed by atoms with Gasteiger partial charge in [-0.15, -0.1) is 0 Å². The van der Waals surface area contributed by atoms with Gasteiger partial charge in [0.25, 0.3) is 6.43 Å². The molecule has 0 radical (unpaired) electrons. The number of aromatic nitrogens is 10. The Morgan fingerprint density at radius 1 is 0.615 bits per heavy atom. The summed E-state index contributed by atoms with van der Waals surface area (Å²) >= 11 is 3.98. The number of alkyl halides is 2. The van der Waals surface area contributed by atoms with E-state index in [1.165, 1.54) is 75.6 Å². The third-order valence-corrected chi connectivity index (χ3v) is 10.5. The molecule has 0 fully saturated rings. The molecule has 0 aliphatic carbocycles. The van der Waals surface area contributed by atoms with Gasteiger partial charge in [-0.25, -0.2) is 60.4 Å². The topological polar surface area (TPSA) is 167 Å². The van der Waals surface area contributed by atoms with Crippen molar-refractivity contribution in [2.45, 2.75) is 13.0 Å². The molecular weight excluding hydrogens is 1100 g/mol. The zero-order valence-electron chi connectivity index (χ0n) is 32.8. The fraction of sp³-hybridized carbons (Fsp3) is 0.0732. The molecule has 65 heavy (non-hydrogen) atoms. The largest absolute Gasteiger partial charge is 0.465 e. The molecule has 0 aliphatic rings. The van der Waals surface area contributed by atoms with E-state index in [-0.39, 0.29) is 57.1 Å². The number of pyridine rings is 5. The first kappa shape index (κ1) is 47.7. The van der Waals surface area contributed by atoms with E-state index in [0.717, 1.165) is 9.77 Å². The highest BCUT2D eigenvalue weighted by Gasteiger charge is 2.18. The number of aldehydes is 2. The molecule has 1 N–H and O–H groups in total. The molecule has 0 aliphatic heterocycles. The Hall–Kier alpha value is -6.81. The van der Waals surface area contributed by atoms with Crippen molar-refractivity contribution >= 4 is 92.0 Å². The minimum absolute atomic E-state index is 0.0358. The van der Waals surface area contributed by atoms with Crippen LogP contribution in [0.25, 0.3) is 28.2 Å². The number of carbonyl (C=O) groups is 3. The van der Waals surface area contributed by atoms with E-state index in [4.69, 9.17) is 5.11 Å². The number of halogens is 9. The van der Waals surface area contributed by atoms with Gasteiger partial charge in [0.15, 0.2) is 69.9 Å². The second-order valence-electron chi connectivity index (χ2n) is 12.7. The first-order chi connectivity index (χ1) is 31.2. The number of methoxy groups -OCH3 is 1. The number of esters is 1. The van der Waals surface area contributed by atoms with Gasteiger partial charge in [-0.3, -0.25) is 18.4 Å². The molecule has 0 atom stereocenters. The Kier molecular flexibility index (Phi) is 15.6. The van der Waals surface area contributed by atoms with Crippen LogP contribution in [0.15, 0.2) is 111 Å². The van der Waals surface area contributed by atoms with Crippen molar-refractivity contribution in [3.8, 4) is 0 Å². The predicted molar refractivity (Wildman–Crippen MR) is 234 cm³/mol. The van der Waals surface area contributed by atoms with Crippen LogP contribution in [-0.4, -0.2) is 77.7 Å². The fourth-order valence-corrected chi connectivity index (χ4v) is 6.71. The summed E-state index contributed by atoms with van der Waals surface area (Å²) in [6, 6.07) is 6.80. The summed E-state index contributed by atoms with van der Waals surface area (Å²) in [6.45, 7) is -0.296. The van der Waals surface area contributed by atoms with Crippen molar-refractivity contribution in [3.63, 3.8) is 0 Å². The summed E-state index contributed by atoms with van der Waals surface area (Å²) in [7, 11) is 1.21. The van der Waals surface area contributed by atoms with Crippen molar-refractivity contribution in [1.29, 1.82) is 0 Å².